The van der Waals surface area contributed by atoms with Gasteiger partial charge in [-0.3, -0.25) is 9.79 Å². The van der Waals surface area contributed by atoms with E-state index < -0.39 is 0 Å². The Morgan fingerprint density at radius 2 is 2.70 bits per heavy atom. The molecule has 0 aromatic carbocycles. The summed E-state index contributed by atoms with van der Waals surface area (Å²) in [6.45, 7) is 0.579. The lowest BCUT2D eigenvalue weighted by molar-refractivity contribution is -0.117. The van der Waals surface area contributed by atoms with E-state index in [1.807, 2.05) is 0 Å². The van der Waals surface area contributed by atoms with Gasteiger partial charge in [-0.1, -0.05) is 0 Å². The van der Waals surface area contributed by atoms with Crippen LogP contribution in [0, 0.1) is 0 Å². The third-order valence-corrected chi connectivity index (χ3v) is 1.15. The van der Waals surface area contributed by atoms with Gasteiger partial charge in [0.1, 0.15) is 0 Å². The minimum absolute atomic E-state index is 0.296. The zero-order chi connectivity index (χ0) is 7.40. The fourth-order valence-electron chi connectivity index (χ4n) is 0.747. The summed E-state index contributed by atoms with van der Waals surface area (Å²) < 4.78 is 0. The number of nitrogens with two attached hydrogens (primary N) is 1. The zero-order valence-electron chi connectivity index (χ0n) is 5.50. The SMILES string of the molecule is NC(=O)CC1=CNC=NC1. The average molecular weight is 139 g/mol. The van der Waals surface area contributed by atoms with Crippen LogP contribution in [0.2, 0.25) is 0 Å². The highest BCUT2D eigenvalue weighted by molar-refractivity contribution is 5.77. The second-order valence-electron chi connectivity index (χ2n) is 2.08. The molecule has 1 rings (SSSR count). The number of hydrogen-bond donors (Lipinski definition) is 2. The molecule has 10 heavy (non-hydrogen) atoms. The van der Waals surface area contributed by atoms with Crippen molar-refractivity contribution in [3.63, 3.8) is 0 Å². The molecule has 1 amide bonds. The number of rotatable bonds is 2. The van der Waals surface area contributed by atoms with Crippen molar-refractivity contribution >= 4 is 12.2 Å². The molecule has 0 saturated carbocycles. The van der Waals surface area contributed by atoms with Crippen LogP contribution < -0.4 is 11.1 Å². The largest absolute Gasteiger partial charge is 0.369 e. The van der Waals surface area contributed by atoms with Crippen molar-refractivity contribution < 1.29 is 4.79 Å². The number of nitrogens with one attached hydrogen (secondary N) is 1. The molecule has 54 valence electrons. The summed E-state index contributed by atoms with van der Waals surface area (Å²) in [6.07, 6.45) is 3.63. The van der Waals surface area contributed by atoms with Gasteiger partial charge in [0.25, 0.3) is 0 Å². The molecule has 0 fully saturated rings. The van der Waals surface area contributed by atoms with E-state index in [0.717, 1.165) is 5.57 Å². The molecule has 0 unspecified atom stereocenters. The Morgan fingerprint density at radius 1 is 1.90 bits per heavy atom. The predicted octanol–water partition coefficient (Wildman–Crippen LogP) is -0.623. The quantitative estimate of drug-likeness (QED) is 0.535. The minimum Gasteiger partial charge on any atom is -0.369 e. The van der Waals surface area contributed by atoms with E-state index in [1.165, 1.54) is 0 Å². The second-order valence-corrected chi connectivity index (χ2v) is 2.08. The first-order chi connectivity index (χ1) is 4.79. The first-order valence-corrected chi connectivity index (χ1v) is 2.99. The number of amides is 1. The highest BCUT2D eigenvalue weighted by Gasteiger charge is 2.02. The van der Waals surface area contributed by atoms with E-state index in [2.05, 4.69) is 10.3 Å². The van der Waals surface area contributed by atoms with Crippen LogP contribution in [0.5, 0.6) is 0 Å². The summed E-state index contributed by atoms with van der Waals surface area (Å²) >= 11 is 0. The minimum atomic E-state index is -0.315. The highest BCUT2D eigenvalue weighted by atomic mass is 16.1. The number of hydrogen-bond acceptors (Lipinski definition) is 3. The molecule has 0 aliphatic carbocycles. The fourth-order valence-corrected chi connectivity index (χ4v) is 0.747. The average Bonchev–Trinajstić information content (AvgIpc) is 1.88. The van der Waals surface area contributed by atoms with Crippen LogP contribution in [0.1, 0.15) is 6.42 Å². The molecule has 4 nitrogen and oxygen atoms in total. The standard InChI is InChI=1S/C6H9N3O/c7-6(10)1-5-2-8-4-9-3-5/h2,4H,1,3H2,(H2,7,10)(H,8,9). The van der Waals surface area contributed by atoms with Crippen LogP contribution in [0.25, 0.3) is 0 Å². The van der Waals surface area contributed by atoms with Gasteiger partial charge < -0.3 is 11.1 Å². The van der Waals surface area contributed by atoms with E-state index in [0.29, 0.717) is 13.0 Å². The van der Waals surface area contributed by atoms with E-state index in [4.69, 9.17) is 5.73 Å². The predicted molar refractivity (Wildman–Crippen MR) is 38.4 cm³/mol. The maximum atomic E-state index is 10.4. The summed E-state index contributed by atoms with van der Waals surface area (Å²) in [5.41, 5.74) is 5.89. The number of primary amides is 1. The van der Waals surface area contributed by atoms with Crippen molar-refractivity contribution in [2.24, 2.45) is 10.7 Å². The van der Waals surface area contributed by atoms with Gasteiger partial charge >= 0.3 is 0 Å². The number of aliphatic imine (C=N–C) groups is 1. The highest BCUT2D eigenvalue weighted by Crippen LogP contribution is 2.01. The summed E-state index contributed by atoms with van der Waals surface area (Å²) in [5.74, 6) is -0.315. The number of nitrogens with zero attached hydrogens (tertiary/aromatic N) is 1. The third-order valence-electron chi connectivity index (χ3n) is 1.15. The van der Waals surface area contributed by atoms with Gasteiger partial charge in [0.05, 0.1) is 19.3 Å². The van der Waals surface area contributed by atoms with Crippen LogP contribution in [-0.4, -0.2) is 18.8 Å². The Balaban J connectivity index is 2.41. The van der Waals surface area contributed by atoms with Crippen molar-refractivity contribution in [2.75, 3.05) is 6.54 Å². The van der Waals surface area contributed by atoms with Gasteiger partial charge in [-0.2, -0.15) is 0 Å². The van der Waals surface area contributed by atoms with Gasteiger partial charge in [-0.15, -0.1) is 0 Å². The first kappa shape index (κ1) is 6.80. The van der Waals surface area contributed by atoms with E-state index >= 15 is 0 Å². The van der Waals surface area contributed by atoms with Crippen LogP contribution >= 0.6 is 0 Å². The van der Waals surface area contributed by atoms with Gasteiger partial charge in [0.2, 0.25) is 5.91 Å². The molecule has 0 atom stereocenters. The second kappa shape index (κ2) is 3.00. The van der Waals surface area contributed by atoms with Crippen LogP contribution in [0.3, 0.4) is 0 Å². The maximum absolute atomic E-state index is 10.4. The van der Waals surface area contributed by atoms with Crippen LogP contribution in [-0.2, 0) is 4.79 Å². The lowest BCUT2D eigenvalue weighted by Gasteiger charge is -2.05. The lowest BCUT2D eigenvalue weighted by Crippen LogP contribution is -2.17. The van der Waals surface area contributed by atoms with Crippen molar-refractivity contribution in [1.29, 1.82) is 0 Å². The van der Waals surface area contributed by atoms with Crippen molar-refractivity contribution in [3.05, 3.63) is 11.8 Å². The number of carbonyl (C=O) groups is 1. The zero-order valence-corrected chi connectivity index (χ0v) is 5.50. The maximum Gasteiger partial charge on any atom is 0.221 e. The summed E-state index contributed by atoms with van der Waals surface area (Å²) in [7, 11) is 0. The third kappa shape index (κ3) is 1.89. The molecular weight excluding hydrogens is 130 g/mol. The molecule has 0 aromatic heterocycles. The summed E-state index contributed by atoms with van der Waals surface area (Å²) in [4.78, 5) is 14.3. The van der Waals surface area contributed by atoms with Crippen LogP contribution in [0.4, 0.5) is 0 Å². The molecule has 1 aliphatic rings. The Bertz CT molecular complexity index is 195. The Labute approximate surface area is 58.8 Å². The molecule has 0 bridgehead atoms. The van der Waals surface area contributed by atoms with Gasteiger partial charge in [0.15, 0.2) is 0 Å². The lowest BCUT2D eigenvalue weighted by atomic mass is 10.2. The van der Waals surface area contributed by atoms with Crippen molar-refractivity contribution in [1.82, 2.24) is 5.32 Å². The van der Waals surface area contributed by atoms with Gasteiger partial charge in [-0.05, 0) is 5.57 Å². The van der Waals surface area contributed by atoms with Gasteiger partial charge in [-0.25, -0.2) is 0 Å². The monoisotopic (exact) mass is 139 g/mol. The molecule has 0 saturated heterocycles. The summed E-state index contributed by atoms with van der Waals surface area (Å²) in [5, 5.41) is 2.78. The van der Waals surface area contributed by atoms with Crippen molar-refractivity contribution in [3.8, 4) is 0 Å². The Kier molecular flexibility index (Phi) is 2.04. The molecule has 1 heterocycles. The Hall–Kier alpha value is -1.32. The first-order valence-electron chi connectivity index (χ1n) is 2.99. The molecule has 0 aromatic rings. The normalized spacial score (nSPS) is 15.8. The van der Waals surface area contributed by atoms with Crippen molar-refractivity contribution in [2.45, 2.75) is 6.42 Å². The molecule has 0 spiro atoms. The Morgan fingerprint density at radius 3 is 3.20 bits per heavy atom. The molecule has 0 radical (unpaired) electrons. The van der Waals surface area contributed by atoms with Gasteiger partial charge in [0, 0.05) is 6.20 Å². The topological polar surface area (TPSA) is 67.5 Å². The molecular formula is C6H9N3O. The molecule has 1 aliphatic heterocycles. The van der Waals surface area contributed by atoms with E-state index in [1.54, 1.807) is 12.5 Å². The molecule has 4 heteroatoms. The molecule has 3 N–H and O–H groups in total. The summed E-state index contributed by atoms with van der Waals surface area (Å²) in [6, 6.07) is 0. The van der Waals surface area contributed by atoms with Crippen LogP contribution in [0.15, 0.2) is 16.8 Å². The number of carbonyl (C=O) groups excluding carboxylic acids is 1. The van der Waals surface area contributed by atoms with E-state index in [-0.39, 0.29) is 5.91 Å². The van der Waals surface area contributed by atoms with E-state index in [9.17, 15) is 4.79 Å². The fraction of sp³-hybridized carbons (Fsp3) is 0.333. The smallest absolute Gasteiger partial charge is 0.221 e.